The van der Waals surface area contributed by atoms with Crippen LogP contribution in [0.5, 0.6) is 0 Å². The summed E-state index contributed by atoms with van der Waals surface area (Å²) in [5.41, 5.74) is 0. The maximum absolute atomic E-state index is 5.69. The highest BCUT2D eigenvalue weighted by atomic mass is 16.5. The lowest BCUT2D eigenvalue weighted by molar-refractivity contribution is -0.0166. The van der Waals surface area contributed by atoms with Gasteiger partial charge in [0.1, 0.15) is 0 Å². The Balaban J connectivity index is 1.48. The molecule has 3 rings (SSSR count). The summed E-state index contributed by atoms with van der Waals surface area (Å²) >= 11 is 0. The molecule has 2 aliphatic carbocycles. The fourth-order valence-electron chi connectivity index (χ4n) is 4.47. The van der Waals surface area contributed by atoms with Crippen LogP contribution in [0.2, 0.25) is 0 Å². The van der Waals surface area contributed by atoms with Gasteiger partial charge < -0.3 is 15.4 Å². The van der Waals surface area contributed by atoms with E-state index < -0.39 is 0 Å². The standard InChI is InChI=1S/C17H32N2O/c1-2-20-14-11-13(12-14)19-17-9-4-3-7-15(17)16-8-5-6-10-18-16/h13-19H,2-12H2,1H3. The topological polar surface area (TPSA) is 33.3 Å². The average Bonchev–Trinajstić information content (AvgIpc) is 2.46. The summed E-state index contributed by atoms with van der Waals surface area (Å²) in [5, 5.41) is 7.76. The summed E-state index contributed by atoms with van der Waals surface area (Å²) in [6.45, 7) is 4.21. The van der Waals surface area contributed by atoms with E-state index in [1.54, 1.807) is 0 Å². The van der Waals surface area contributed by atoms with E-state index in [1.165, 1.54) is 64.3 Å². The first-order chi connectivity index (χ1) is 9.86. The van der Waals surface area contributed by atoms with Gasteiger partial charge in [-0.15, -0.1) is 0 Å². The Kier molecular flexibility index (Phi) is 5.36. The molecular formula is C17H32N2O. The summed E-state index contributed by atoms with van der Waals surface area (Å²) in [6.07, 6.45) is 12.9. The summed E-state index contributed by atoms with van der Waals surface area (Å²) in [5.74, 6) is 0.871. The van der Waals surface area contributed by atoms with Gasteiger partial charge in [0.05, 0.1) is 6.10 Å². The van der Waals surface area contributed by atoms with Crippen LogP contribution in [0.1, 0.15) is 64.7 Å². The third-order valence-electron chi connectivity index (χ3n) is 5.63. The molecule has 2 saturated carbocycles. The molecule has 2 N–H and O–H groups in total. The molecule has 3 atom stereocenters. The van der Waals surface area contributed by atoms with Gasteiger partial charge in [-0.25, -0.2) is 0 Å². The van der Waals surface area contributed by atoms with E-state index in [0.29, 0.717) is 6.10 Å². The fourth-order valence-corrected chi connectivity index (χ4v) is 4.47. The zero-order valence-corrected chi connectivity index (χ0v) is 13.1. The average molecular weight is 280 g/mol. The van der Waals surface area contributed by atoms with Crippen molar-refractivity contribution in [2.45, 2.75) is 88.9 Å². The molecule has 0 aromatic heterocycles. The summed E-state index contributed by atoms with van der Waals surface area (Å²) in [7, 11) is 0. The normalized spacial score (nSPS) is 42.1. The Hall–Kier alpha value is -0.120. The van der Waals surface area contributed by atoms with Crippen molar-refractivity contribution in [2.75, 3.05) is 13.2 Å². The summed E-state index contributed by atoms with van der Waals surface area (Å²) < 4.78 is 5.69. The van der Waals surface area contributed by atoms with Gasteiger partial charge in [-0.05, 0) is 57.9 Å². The van der Waals surface area contributed by atoms with E-state index in [1.807, 2.05) is 0 Å². The van der Waals surface area contributed by atoms with Crippen molar-refractivity contribution >= 4 is 0 Å². The first kappa shape index (κ1) is 14.8. The Morgan fingerprint density at radius 2 is 1.85 bits per heavy atom. The number of piperidine rings is 1. The number of nitrogens with one attached hydrogen (secondary N) is 2. The lowest BCUT2D eigenvalue weighted by Gasteiger charge is -2.44. The van der Waals surface area contributed by atoms with Crippen molar-refractivity contribution in [1.29, 1.82) is 0 Å². The molecule has 0 aromatic carbocycles. The number of rotatable bonds is 5. The van der Waals surface area contributed by atoms with Crippen LogP contribution in [0.15, 0.2) is 0 Å². The number of hydrogen-bond donors (Lipinski definition) is 2. The molecule has 3 aliphatic rings. The van der Waals surface area contributed by atoms with E-state index in [2.05, 4.69) is 17.6 Å². The predicted octanol–water partition coefficient (Wildman–Crippen LogP) is 2.84. The lowest BCUT2D eigenvalue weighted by Crippen LogP contribution is -2.56. The Bertz CT molecular complexity index is 285. The predicted molar refractivity (Wildman–Crippen MR) is 83.0 cm³/mol. The van der Waals surface area contributed by atoms with Crippen molar-refractivity contribution in [3.63, 3.8) is 0 Å². The zero-order chi connectivity index (χ0) is 13.8. The number of ether oxygens (including phenoxy) is 1. The number of hydrogen-bond acceptors (Lipinski definition) is 3. The molecule has 0 amide bonds. The van der Waals surface area contributed by atoms with Crippen LogP contribution >= 0.6 is 0 Å². The highest BCUT2D eigenvalue weighted by Gasteiger charge is 2.37. The fraction of sp³-hybridized carbons (Fsp3) is 1.00. The van der Waals surface area contributed by atoms with Gasteiger partial charge >= 0.3 is 0 Å². The summed E-state index contributed by atoms with van der Waals surface area (Å²) in [4.78, 5) is 0. The van der Waals surface area contributed by atoms with Crippen LogP contribution in [0.3, 0.4) is 0 Å². The minimum atomic E-state index is 0.535. The van der Waals surface area contributed by atoms with Crippen molar-refractivity contribution in [1.82, 2.24) is 10.6 Å². The Morgan fingerprint density at radius 3 is 2.60 bits per heavy atom. The van der Waals surface area contributed by atoms with Gasteiger partial charge in [0.2, 0.25) is 0 Å². The van der Waals surface area contributed by atoms with E-state index in [-0.39, 0.29) is 0 Å². The molecule has 0 bridgehead atoms. The van der Waals surface area contributed by atoms with E-state index in [4.69, 9.17) is 4.74 Å². The van der Waals surface area contributed by atoms with E-state index in [9.17, 15) is 0 Å². The third-order valence-corrected chi connectivity index (χ3v) is 5.63. The maximum atomic E-state index is 5.69. The molecule has 0 aromatic rings. The molecule has 3 heteroatoms. The molecule has 0 radical (unpaired) electrons. The van der Waals surface area contributed by atoms with Crippen molar-refractivity contribution in [2.24, 2.45) is 5.92 Å². The third kappa shape index (κ3) is 3.55. The van der Waals surface area contributed by atoms with Crippen molar-refractivity contribution in [3.05, 3.63) is 0 Å². The molecule has 20 heavy (non-hydrogen) atoms. The molecule has 3 nitrogen and oxygen atoms in total. The van der Waals surface area contributed by atoms with Gasteiger partial charge in [-0.1, -0.05) is 19.3 Å². The van der Waals surface area contributed by atoms with Crippen LogP contribution in [0.25, 0.3) is 0 Å². The zero-order valence-electron chi connectivity index (χ0n) is 13.1. The van der Waals surface area contributed by atoms with Gasteiger partial charge in [-0.3, -0.25) is 0 Å². The smallest absolute Gasteiger partial charge is 0.0604 e. The quantitative estimate of drug-likeness (QED) is 0.812. The molecule has 116 valence electrons. The van der Waals surface area contributed by atoms with Crippen LogP contribution < -0.4 is 10.6 Å². The van der Waals surface area contributed by atoms with Crippen molar-refractivity contribution in [3.8, 4) is 0 Å². The van der Waals surface area contributed by atoms with Crippen molar-refractivity contribution < 1.29 is 4.74 Å². The van der Waals surface area contributed by atoms with Gasteiger partial charge in [0.15, 0.2) is 0 Å². The SMILES string of the molecule is CCOC1CC(NC2CCCCC2C2CCCCN2)C1. The Labute approximate surface area is 124 Å². The molecular weight excluding hydrogens is 248 g/mol. The summed E-state index contributed by atoms with van der Waals surface area (Å²) in [6, 6.07) is 2.26. The first-order valence-corrected chi connectivity index (χ1v) is 8.98. The minimum absolute atomic E-state index is 0.535. The van der Waals surface area contributed by atoms with Gasteiger partial charge in [-0.2, -0.15) is 0 Å². The second-order valence-corrected chi connectivity index (χ2v) is 7.02. The minimum Gasteiger partial charge on any atom is -0.378 e. The lowest BCUT2D eigenvalue weighted by atomic mass is 9.76. The molecule has 1 aliphatic heterocycles. The monoisotopic (exact) mass is 280 g/mol. The van der Waals surface area contributed by atoms with Crippen LogP contribution in [-0.2, 0) is 4.74 Å². The molecule has 0 spiro atoms. The second-order valence-electron chi connectivity index (χ2n) is 7.02. The maximum Gasteiger partial charge on any atom is 0.0604 e. The molecule has 3 fully saturated rings. The highest BCUT2D eigenvalue weighted by molar-refractivity contribution is 4.95. The van der Waals surface area contributed by atoms with Crippen LogP contribution in [-0.4, -0.2) is 37.4 Å². The first-order valence-electron chi connectivity index (χ1n) is 8.98. The van der Waals surface area contributed by atoms with E-state index in [0.717, 1.165) is 30.7 Å². The second kappa shape index (κ2) is 7.24. The van der Waals surface area contributed by atoms with Gasteiger partial charge in [0, 0.05) is 24.7 Å². The molecule has 1 heterocycles. The van der Waals surface area contributed by atoms with E-state index >= 15 is 0 Å². The molecule has 1 saturated heterocycles. The largest absolute Gasteiger partial charge is 0.378 e. The van der Waals surface area contributed by atoms with Crippen LogP contribution in [0, 0.1) is 5.92 Å². The molecule has 3 unspecified atom stereocenters. The Morgan fingerprint density at radius 1 is 1.05 bits per heavy atom. The van der Waals surface area contributed by atoms with Crippen LogP contribution in [0.4, 0.5) is 0 Å². The highest BCUT2D eigenvalue weighted by Crippen LogP contribution is 2.33. The van der Waals surface area contributed by atoms with Gasteiger partial charge in [0.25, 0.3) is 0 Å².